The first-order chi connectivity index (χ1) is 17.6. The smallest absolute Gasteiger partial charge is 0.251 e. The van der Waals surface area contributed by atoms with Gasteiger partial charge in [-0.1, -0.05) is 6.07 Å². The molecule has 9 heteroatoms. The summed E-state index contributed by atoms with van der Waals surface area (Å²) in [6.45, 7) is 2.50. The van der Waals surface area contributed by atoms with E-state index in [4.69, 9.17) is 10.2 Å². The van der Waals surface area contributed by atoms with E-state index in [2.05, 4.69) is 37.8 Å². The van der Waals surface area contributed by atoms with E-state index in [1.165, 1.54) is 0 Å². The van der Waals surface area contributed by atoms with Crippen LogP contribution in [0.2, 0.25) is 0 Å². The molecule has 3 aromatic heterocycles. The average molecular weight is 479 g/mol. The molecule has 36 heavy (non-hydrogen) atoms. The summed E-state index contributed by atoms with van der Waals surface area (Å²) in [6.07, 6.45) is 6.80. The first-order valence-electron chi connectivity index (χ1n) is 12.3. The molecule has 1 aliphatic heterocycles. The van der Waals surface area contributed by atoms with Crippen LogP contribution < -0.4 is 10.6 Å². The number of carbonyl (C=O) groups excluding carboxylic acids is 1. The number of likely N-dealkylation sites (tertiary alicyclic amines) is 1. The quantitative estimate of drug-likeness (QED) is 0.416. The van der Waals surface area contributed by atoms with Gasteiger partial charge in [0.2, 0.25) is 5.95 Å². The predicted molar refractivity (Wildman–Crippen MR) is 135 cm³/mol. The molecule has 1 saturated heterocycles. The standard InChI is InChI=1S/C27H26N8O/c28-14-18-11-13-34(16-18)17-23-8-5-20(15-29-23)24-2-1-12-35-25(24)32-27(33-35)31-22-6-3-19(4-7-22)26(36)30-21-9-10-21/h1-8,12,15,18,21H,9-11,13,16-17H2,(H,30,36)(H,31,33). The van der Waals surface area contributed by atoms with Crippen LogP contribution >= 0.6 is 0 Å². The van der Waals surface area contributed by atoms with Gasteiger partial charge in [-0.25, -0.2) is 4.52 Å². The van der Waals surface area contributed by atoms with Crippen LogP contribution in [0.1, 0.15) is 35.3 Å². The Hall–Kier alpha value is -4.29. The molecule has 4 heterocycles. The van der Waals surface area contributed by atoms with Crippen molar-refractivity contribution in [3.8, 4) is 17.2 Å². The Morgan fingerprint density at radius 3 is 2.69 bits per heavy atom. The maximum atomic E-state index is 12.2. The van der Waals surface area contributed by atoms with E-state index in [9.17, 15) is 4.79 Å². The monoisotopic (exact) mass is 478 g/mol. The number of hydrogen-bond acceptors (Lipinski definition) is 7. The first kappa shape index (κ1) is 22.2. The number of nitriles is 1. The Bertz CT molecular complexity index is 1430. The third-order valence-corrected chi connectivity index (χ3v) is 6.65. The molecule has 0 bridgehead atoms. The second-order valence-electron chi connectivity index (χ2n) is 9.46. The van der Waals surface area contributed by atoms with Crippen molar-refractivity contribution in [1.82, 2.24) is 29.8 Å². The molecule has 9 nitrogen and oxygen atoms in total. The minimum atomic E-state index is -0.0361. The van der Waals surface area contributed by atoms with E-state index < -0.39 is 0 Å². The van der Waals surface area contributed by atoms with Crippen LogP contribution in [-0.2, 0) is 6.54 Å². The Balaban J connectivity index is 1.16. The second kappa shape index (κ2) is 9.40. The van der Waals surface area contributed by atoms with Crippen LogP contribution in [0.25, 0.3) is 16.8 Å². The molecule has 1 unspecified atom stereocenters. The summed E-state index contributed by atoms with van der Waals surface area (Å²) in [4.78, 5) is 23.9. The fourth-order valence-corrected chi connectivity index (χ4v) is 4.50. The molecular weight excluding hydrogens is 452 g/mol. The van der Waals surface area contributed by atoms with Gasteiger partial charge in [0.1, 0.15) is 0 Å². The number of nitrogens with zero attached hydrogens (tertiary/aromatic N) is 6. The van der Waals surface area contributed by atoms with Gasteiger partial charge in [0, 0.05) is 53.9 Å². The normalized spacial score (nSPS) is 17.7. The molecule has 1 atom stereocenters. The number of rotatable bonds is 7. The van der Waals surface area contributed by atoms with Crippen LogP contribution in [0.15, 0.2) is 60.9 Å². The highest BCUT2D eigenvalue weighted by Gasteiger charge is 2.24. The molecule has 6 rings (SSSR count). The van der Waals surface area contributed by atoms with Gasteiger partial charge in [-0.15, -0.1) is 5.10 Å². The lowest BCUT2D eigenvalue weighted by molar-refractivity contribution is 0.0951. The maximum Gasteiger partial charge on any atom is 0.251 e. The van der Waals surface area contributed by atoms with Crippen molar-refractivity contribution in [3.63, 3.8) is 0 Å². The molecule has 0 radical (unpaired) electrons. The summed E-state index contributed by atoms with van der Waals surface area (Å²) in [6, 6.07) is 18.1. The zero-order chi connectivity index (χ0) is 24.5. The zero-order valence-corrected chi connectivity index (χ0v) is 19.8. The lowest BCUT2D eigenvalue weighted by atomic mass is 10.1. The van der Waals surface area contributed by atoms with Crippen molar-refractivity contribution >= 4 is 23.2 Å². The minimum Gasteiger partial charge on any atom is -0.349 e. The predicted octanol–water partition coefficient (Wildman–Crippen LogP) is 3.77. The molecule has 2 aliphatic rings. The summed E-state index contributed by atoms with van der Waals surface area (Å²) in [5, 5.41) is 19.9. The van der Waals surface area contributed by atoms with Crippen LogP contribution in [0.4, 0.5) is 11.6 Å². The molecule has 4 aromatic rings. The summed E-state index contributed by atoms with van der Waals surface area (Å²) in [7, 11) is 0. The summed E-state index contributed by atoms with van der Waals surface area (Å²) >= 11 is 0. The summed E-state index contributed by atoms with van der Waals surface area (Å²) < 4.78 is 1.75. The Labute approximate surface area is 208 Å². The highest BCUT2D eigenvalue weighted by Crippen LogP contribution is 2.26. The van der Waals surface area contributed by atoms with E-state index in [-0.39, 0.29) is 11.8 Å². The second-order valence-corrected chi connectivity index (χ2v) is 9.46. The minimum absolute atomic E-state index is 0.0361. The Morgan fingerprint density at radius 1 is 1.11 bits per heavy atom. The average Bonchev–Trinajstić information content (AvgIpc) is 3.43. The number of aromatic nitrogens is 4. The van der Waals surface area contributed by atoms with Gasteiger partial charge in [-0.2, -0.15) is 10.2 Å². The van der Waals surface area contributed by atoms with Gasteiger partial charge in [0.05, 0.1) is 17.7 Å². The highest BCUT2D eigenvalue weighted by atomic mass is 16.1. The molecule has 0 spiro atoms. The lowest BCUT2D eigenvalue weighted by Gasteiger charge is -2.14. The van der Waals surface area contributed by atoms with Crippen molar-refractivity contribution in [3.05, 3.63) is 72.2 Å². The van der Waals surface area contributed by atoms with Crippen LogP contribution in [0.3, 0.4) is 0 Å². The summed E-state index contributed by atoms with van der Waals surface area (Å²) in [5.41, 5.74) is 5.07. The largest absolute Gasteiger partial charge is 0.349 e. The third-order valence-electron chi connectivity index (χ3n) is 6.65. The molecule has 1 amide bonds. The van der Waals surface area contributed by atoms with Crippen LogP contribution in [0, 0.1) is 17.2 Å². The van der Waals surface area contributed by atoms with Gasteiger partial charge in [0.25, 0.3) is 5.91 Å². The molecule has 2 N–H and O–H groups in total. The van der Waals surface area contributed by atoms with E-state index >= 15 is 0 Å². The number of benzene rings is 1. The van der Waals surface area contributed by atoms with Gasteiger partial charge in [0.15, 0.2) is 5.65 Å². The van der Waals surface area contributed by atoms with E-state index in [1.807, 2.05) is 42.7 Å². The van der Waals surface area contributed by atoms with Gasteiger partial charge < -0.3 is 10.6 Å². The van der Waals surface area contributed by atoms with Gasteiger partial charge >= 0.3 is 0 Å². The number of fused-ring (bicyclic) bond motifs is 1. The van der Waals surface area contributed by atoms with Crippen molar-refractivity contribution in [2.24, 2.45) is 5.92 Å². The number of nitrogens with one attached hydrogen (secondary N) is 2. The van der Waals surface area contributed by atoms with E-state index in [0.29, 0.717) is 17.6 Å². The molecule has 1 aliphatic carbocycles. The Kier molecular flexibility index (Phi) is 5.79. The molecule has 1 saturated carbocycles. The number of hydrogen-bond donors (Lipinski definition) is 2. The SMILES string of the molecule is N#CC1CCN(Cc2ccc(-c3cccn4nc(Nc5ccc(C(=O)NC6CC6)cc5)nc34)cn2)C1. The Morgan fingerprint density at radius 2 is 1.97 bits per heavy atom. The number of anilines is 2. The lowest BCUT2D eigenvalue weighted by Crippen LogP contribution is -2.25. The molecule has 2 fully saturated rings. The van der Waals surface area contributed by atoms with Crippen molar-refractivity contribution < 1.29 is 4.79 Å². The van der Waals surface area contributed by atoms with Crippen molar-refractivity contribution in [2.45, 2.75) is 31.8 Å². The topological polar surface area (TPSA) is 111 Å². The maximum absolute atomic E-state index is 12.2. The number of carbonyl (C=O) groups is 1. The first-order valence-corrected chi connectivity index (χ1v) is 12.3. The molecule has 180 valence electrons. The fraction of sp³-hybridized carbons (Fsp3) is 0.296. The third kappa shape index (κ3) is 4.76. The van der Waals surface area contributed by atoms with Crippen LogP contribution in [0.5, 0.6) is 0 Å². The van der Waals surface area contributed by atoms with Crippen molar-refractivity contribution in [1.29, 1.82) is 5.26 Å². The van der Waals surface area contributed by atoms with E-state index in [1.54, 1.807) is 16.6 Å². The molecular formula is C27H26N8O. The van der Waals surface area contributed by atoms with Crippen molar-refractivity contribution in [2.75, 3.05) is 18.4 Å². The van der Waals surface area contributed by atoms with Gasteiger partial charge in [-0.3, -0.25) is 14.7 Å². The highest BCUT2D eigenvalue weighted by molar-refractivity contribution is 5.95. The van der Waals surface area contributed by atoms with Gasteiger partial charge in [-0.05, 0) is 68.3 Å². The van der Waals surface area contributed by atoms with E-state index in [0.717, 1.165) is 67.1 Å². The number of amides is 1. The molecule has 1 aromatic carbocycles. The van der Waals surface area contributed by atoms with Crippen LogP contribution in [-0.4, -0.2) is 49.5 Å². The summed E-state index contributed by atoms with van der Waals surface area (Å²) in [5.74, 6) is 0.566. The zero-order valence-electron chi connectivity index (χ0n) is 19.8. The fourth-order valence-electron chi connectivity index (χ4n) is 4.50. The number of pyridine rings is 2.